The third-order valence-electron chi connectivity index (χ3n) is 4.94. The zero-order valence-corrected chi connectivity index (χ0v) is 18.3. The molecule has 34 heavy (non-hydrogen) atoms. The van der Waals surface area contributed by atoms with Crippen LogP contribution in [-0.4, -0.2) is 41.8 Å². The Balaban J connectivity index is 1.88. The Hall–Kier alpha value is -4.18. The van der Waals surface area contributed by atoms with Crippen molar-refractivity contribution in [2.45, 2.75) is 6.42 Å². The minimum Gasteiger partial charge on any atom is -0.507 e. The van der Waals surface area contributed by atoms with Crippen LogP contribution in [0.1, 0.15) is 11.1 Å². The lowest BCUT2D eigenvalue weighted by atomic mass is 9.96. The van der Waals surface area contributed by atoms with E-state index >= 15 is 0 Å². The number of carboxylic acids is 1. The number of aromatic amines is 1. The lowest BCUT2D eigenvalue weighted by Gasteiger charge is -2.13. The summed E-state index contributed by atoms with van der Waals surface area (Å²) in [4.78, 5) is 37.1. The number of benzene rings is 3. The van der Waals surface area contributed by atoms with Crippen LogP contribution >= 0.6 is 7.82 Å². The van der Waals surface area contributed by atoms with Crippen molar-refractivity contribution in [3.63, 3.8) is 0 Å². The molecule has 1 heterocycles. The van der Waals surface area contributed by atoms with Gasteiger partial charge in [-0.2, -0.15) is 0 Å². The molecule has 4 aromatic rings. The summed E-state index contributed by atoms with van der Waals surface area (Å²) in [6, 6.07) is 13.6. The van der Waals surface area contributed by atoms with Gasteiger partial charge in [-0.1, -0.05) is 12.1 Å². The molecule has 174 valence electrons. The van der Waals surface area contributed by atoms with Gasteiger partial charge >= 0.3 is 13.8 Å². The average molecular weight is 482 g/mol. The molecular formula is C22H19N4O7P. The predicted octanol–water partition coefficient (Wildman–Crippen LogP) is 2.99. The molecular weight excluding hydrogens is 463 g/mol. The zero-order chi connectivity index (χ0) is 24.6. The summed E-state index contributed by atoms with van der Waals surface area (Å²) in [6.07, 6.45) is -0.340. The molecule has 0 bridgehead atoms. The number of phosphoric acid groups is 1. The molecule has 0 amide bonds. The number of aliphatic carboxylic acids is 1. The molecule has 0 fully saturated rings. The number of phenolic OH excluding ortho intramolecular Hbond substituents is 1. The van der Waals surface area contributed by atoms with Crippen molar-refractivity contribution in [2.75, 3.05) is 0 Å². The summed E-state index contributed by atoms with van der Waals surface area (Å²) in [6.45, 7) is 0. The van der Waals surface area contributed by atoms with Crippen molar-refractivity contribution in [2.24, 2.45) is 5.73 Å². The fourth-order valence-corrected chi connectivity index (χ4v) is 3.92. The van der Waals surface area contributed by atoms with E-state index in [1.165, 1.54) is 30.3 Å². The van der Waals surface area contributed by atoms with Gasteiger partial charge in [0.1, 0.15) is 23.2 Å². The van der Waals surface area contributed by atoms with Crippen molar-refractivity contribution in [3.8, 4) is 34.0 Å². The van der Waals surface area contributed by atoms with E-state index in [2.05, 4.69) is 14.5 Å². The lowest BCUT2D eigenvalue weighted by molar-refractivity contribution is -0.136. The Kier molecular flexibility index (Phi) is 5.84. The lowest BCUT2D eigenvalue weighted by Crippen LogP contribution is -2.10. The number of aromatic nitrogens is 2. The monoisotopic (exact) mass is 482 g/mol. The summed E-state index contributed by atoms with van der Waals surface area (Å²) in [5.41, 5.74) is 8.26. The number of rotatable bonds is 7. The highest BCUT2D eigenvalue weighted by Gasteiger charge is 2.20. The first-order valence-electron chi connectivity index (χ1n) is 9.78. The summed E-state index contributed by atoms with van der Waals surface area (Å²) < 4.78 is 15.8. The van der Waals surface area contributed by atoms with E-state index in [1.807, 2.05) is 0 Å². The molecule has 3 aromatic carbocycles. The van der Waals surface area contributed by atoms with Gasteiger partial charge in [0.25, 0.3) is 0 Å². The van der Waals surface area contributed by atoms with Gasteiger partial charge in [-0.25, -0.2) is 9.55 Å². The normalized spacial score (nSPS) is 11.5. The van der Waals surface area contributed by atoms with Crippen LogP contribution < -0.4 is 10.3 Å². The van der Waals surface area contributed by atoms with Crippen molar-refractivity contribution >= 4 is 30.7 Å². The molecule has 0 unspecified atom stereocenters. The number of H-pyrrole nitrogens is 1. The number of nitrogens with two attached hydrogens (primary N) is 1. The van der Waals surface area contributed by atoms with Crippen molar-refractivity contribution in [1.82, 2.24) is 9.97 Å². The zero-order valence-electron chi connectivity index (χ0n) is 17.4. The highest BCUT2D eigenvalue weighted by molar-refractivity contribution is 7.46. The number of carboxylic acid groups (broad SMARTS) is 1. The quantitative estimate of drug-likeness (QED) is 0.117. The van der Waals surface area contributed by atoms with E-state index in [0.29, 0.717) is 27.7 Å². The molecule has 4 rings (SSSR count). The fourth-order valence-electron chi connectivity index (χ4n) is 3.53. The molecule has 0 atom stereocenters. The van der Waals surface area contributed by atoms with Crippen molar-refractivity contribution in [3.05, 3.63) is 65.7 Å². The van der Waals surface area contributed by atoms with Crippen LogP contribution in [0.25, 0.3) is 33.5 Å². The predicted molar refractivity (Wildman–Crippen MR) is 124 cm³/mol. The van der Waals surface area contributed by atoms with Crippen LogP contribution in [0.5, 0.6) is 11.5 Å². The molecule has 0 saturated carbocycles. The number of fused-ring (bicyclic) bond motifs is 1. The maximum absolute atomic E-state index is 11.4. The van der Waals surface area contributed by atoms with E-state index in [-0.39, 0.29) is 40.7 Å². The minimum absolute atomic E-state index is 0.121. The summed E-state index contributed by atoms with van der Waals surface area (Å²) in [5, 5.41) is 28.0. The van der Waals surface area contributed by atoms with Crippen LogP contribution in [0, 0.1) is 5.41 Å². The second-order valence-corrected chi connectivity index (χ2v) is 8.61. The summed E-state index contributed by atoms with van der Waals surface area (Å²) >= 11 is 0. The number of aromatic hydroxyl groups is 1. The maximum atomic E-state index is 11.4. The van der Waals surface area contributed by atoms with Crippen molar-refractivity contribution < 1.29 is 33.9 Å². The molecule has 0 aliphatic carbocycles. The number of imidazole rings is 1. The van der Waals surface area contributed by atoms with Gasteiger partial charge in [-0.3, -0.25) is 20.0 Å². The van der Waals surface area contributed by atoms with Crippen LogP contribution in [0.4, 0.5) is 0 Å². The molecule has 0 aliphatic rings. The van der Waals surface area contributed by atoms with Crippen LogP contribution in [0.15, 0.2) is 54.6 Å². The SMILES string of the molecule is N=C(N)c1ccc2nc(-c3cc(CC(=O)O)cc(-c4cccc(OP(=O)(O)O)c4)c3O)[nH]c2c1. The van der Waals surface area contributed by atoms with E-state index in [0.717, 1.165) is 0 Å². The summed E-state index contributed by atoms with van der Waals surface area (Å²) in [5.74, 6) is -1.31. The Morgan fingerprint density at radius 3 is 2.53 bits per heavy atom. The molecule has 0 radical (unpaired) electrons. The molecule has 8 N–H and O–H groups in total. The van der Waals surface area contributed by atoms with E-state index < -0.39 is 13.8 Å². The standard InChI is InChI=1S/C22H19N4O7P/c23-21(24)13-4-5-17-18(10-13)26-22(25-17)16-7-11(8-19(27)28)6-15(20(16)29)12-2-1-3-14(9-12)33-34(30,31)32/h1-7,9-10,29H,8H2,(H3,23,24)(H,25,26)(H,27,28)(H2,30,31,32). The van der Waals surface area contributed by atoms with E-state index in [9.17, 15) is 19.6 Å². The van der Waals surface area contributed by atoms with Crippen molar-refractivity contribution in [1.29, 1.82) is 5.41 Å². The Morgan fingerprint density at radius 2 is 1.85 bits per heavy atom. The first-order valence-corrected chi connectivity index (χ1v) is 11.3. The second-order valence-electron chi connectivity index (χ2n) is 7.45. The van der Waals surface area contributed by atoms with Gasteiger partial charge in [0.2, 0.25) is 0 Å². The smallest absolute Gasteiger partial charge is 0.507 e. The second kappa shape index (κ2) is 8.64. The molecule has 0 spiro atoms. The topological polar surface area (TPSA) is 203 Å². The molecule has 0 saturated heterocycles. The number of nitrogen functional groups attached to an aromatic ring is 1. The first kappa shape index (κ1) is 23.0. The van der Waals surface area contributed by atoms with E-state index in [4.69, 9.17) is 20.9 Å². The molecule has 11 nitrogen and oxygen atoms in total. The average Bonchev–Trinajstić information content (AvgIpc) is 3.16. The number of nitrogens with one attached hydrogen (secondary N) is 2. The van der Waals surface area contributed by atoms with Gasteiger partial charge in [-0.15, -0.1) is 0 Å². The number of phosphoric ester groups is 1. The summed E-state index contributed by atoms with van der Waals surface area (Å²) in [7, 11) is -4.80. The Bertz CT molecular complexity index is 1490. The van der Waals surface area contributed by atoms with Gasteiger partial charge in [-0.05, 0) is 53.6 Å². The van der Waals surface area contributed by atoms with Crippen LogP contribution in [0.2, 0.25) is 0 Å². The highest BCUT2D eigenvalue weighted by Crippen LogP contribution is 2.42. The fraction of sp³-hybridized carbons (Fsp3) is 0.0455. The minimum atomic E-state index is -4.80. The number of phenols is 1. The third kappa shape index (κ3) is 4.91. The number of carbonyl (C=O) groups is 1. The van der Waals surface area contributed by atoms with Gasteiger partial charge in [0.15, 0.2) is 0 Å². The van der Waals surface area contributed by atoms with Crippen LogP contribution in [-0.2, 0) is 15.8 Å². The molecule has 12 heteroatoms. The molecule has 0 aliphatic heterocycles. The maximum Gasteiger partial charge on any atom is 0.524 e. The first-order chi connectivity index (χ1) is 16.0. The largest absolute Gasteiger partial charge is 0.524 e. The van der Waals surface area contributed by atoms with Gasteiger partial charge in [0.05, 0.1) is 23.0 Å². The number of hydrogen-bond donors (Lipinski definition) is 7. The Morgan fingerprint density at radius 1 is 1.12 bits per heavy atom. The van der Waals surface area contributed by atoms with Gasteiger partial charge < -0.3 is 25.5 Å². The number of hydrogen-bond acceptors (Lipinski definition) is 6. The highest BCUT2D eigenvalue weighted by atomic mass is 31.2. The number of amidine groups is 1. The van der Waals surface area contributed by atoms with Crippen LogP contribution in [0.3, 0.4) is 0 Å². The third-order valence-corrected chi connectivity index (χ3v) is 5.39. The molecule has 1 aromatic heterocycles. The number of nitrogens with zero attached hydrogens (tertiary/aromatic N) is 1. The van der Waals surface area contributed by atoms with Gasteiger partial charge in [0, 0.05) is 11.1 Å². The van der Waals surface area contributed by atoms with E-state index in [1.54, 1.807) is 24.3 Å². The Labute approximate surface area is 192 Å².